The molecule has 4 nitrogen and oxygen atoms in total. The molecule has 0 aliphatic rings. The highest BCUT2D eigenvalue weighted by Crippen LogP contribution is 2.16. The Labute approximate surface area is 160 Å². The second-order valence-corrected chi connectivity index (χ2v) is 6.94. The Morgan fingerprint density at radius 1 is 1.11 bits per heavy atom. The summed E-state index contributed by atoms with van der Waals surface area (Å²) in [6.45, 7) is 7.09. The largest absolute Gasteiger partial charge is 0.331 e. The average molecular weight is 359 g/mol. The monoisotopic (exact) mass is 359 g/mol. The predicted molar refractivity (Wildman–Crippen MR) is 111 cm³/mol. The molecule has 138 valence electrons. The molecule has 1 aromatic heterocycles. The fraction of sp³-hybridized carbons (Fsp3) is 0.217. The van der Waals surface area contributed by atoms with Gasteiger partial charge in [0.05, 0.1) is 0 Å². The first-order chi connectivity index (χ1) is 13.0. The molecule has 0 spiro atoms. The number of anilines is 1. The van der Waals surface area contributed by atoms with Gasteiger partial charge in [0.2, 0.25) is 5.91 Å². The van der Waals surface area contributed by atoms with Gasteiger partial charge in [-0.3, -0.25) is 4.79 Å². The zero-order chi connectivity index (χ0) is 19.2. The summed E-state index contributed by atoms with van der Waals surface area (Å²) in [7, 11) is 0. The maximum atomic E-state index is 12.1. The normalized spacial score (nSPS) is 11.3. The van der Waals surface area contributed by atoms with Crippen LogP contribution in [0.4, 0.5) is 5.69 Å². The van der Waals surface area contributed by atoms with Crippen molar-refractivity contribution in [2.45, 2.75) is 33.2 Å². The van der Waals surface area contributed by atoms with Crippen LogP contribution in [0, 0.1) is 6.92 Å². The standard InChI is InChI=1S/C23H25N3O/c1-17(2)21-9-4-19(5-10-21)8-13-23(27)25-22-11-6-20(7-12-22)16-26-15-14-24-18(26)3/h4-15,17H,16H2,1-3H3,(H,25,27)/b13-8+. The van der Waals surface area contributed by atoms with Crippen LogP contribution in [0.15, 0.2) is 67.0 Å². The molecule has 3 aromatic rings. The highest BCUT2D eigenvalue weighted by molar-refractivity contribution is 6.01. The van der Waals surface area contributed by atoms with E-state index in [2.05, 4.69) is 40.8 Å². The molecular formula is C23H25N3O. The Bertz CT molecular complexity index is 919. The summed E-state index contributed by atoms with van der Waals surface area (Å²) in [5.41, 5.74) is 4.25. The topological polar surface area (TPSA) is 46.9 Å². The van der Waals surface area contributed by atoms with Gasteiger partial charge in [-0.2, -0.15) is 0 Å². The van der Waals surface area contributed by atoms with E-state index in [4.69, 9.17) is 0 Å². The van der Waals surface area contributed by atoms with E-state index in [0.717, 1.165) is 29.2 Å². The lowest BCUT2D eigenvalue weighted by Gasteiger charge is -2.07. The van der Waals surface area contributed by atoms with Crippen LogP contribution >= 0.6 is 0 Å². The summed E-state index contributed by atoms with van der Waals surface area (Å²) in [4.78, 5) is 16.4. The summed E-state index contributed by atoms with van der Waals surface area (Å²) in [5.74, 6) is 1.35. The van der Waals surface area contributed by atoms with Gasteiger partial charge >= 0.3 is 0 Å². The van der Waals surface area contributed by atoms with Crippen molar-refractivity contribution >= 4 is 17.7 Å². The zero-order valence-electron chi connectivity index (χ0n) is 16.0. The smallest absolute Gasteiger partial charge is 0.248 e. The molecule has 0 aliphatic heterocycles. The van der Waals surface area contributed by atoms with E-state index in [-0.39, 0.29) is 5.91 Å². The fourth-order valence-electron chi connectivity index (χ4n) is 2.81. The van der Waals surface area contributed by atoms with Gasteiger partial charge in [-0.1, -0.05) is 50.2 Å². The first kappa shape index (κ1) is 18.6. The highest BCUT2D eigenvalue weighted by Gasteiger charge is 2.02. The number of imidazole rings is 1. The van der Waals surface area contributed by atoms with Crippen LogP contribution in [0.25, 0.3) is 6.08 Å². The van der Waals surface area contributed by atoms with Gasteiger partial charge in [0.1, 0.15) is 5.82 Å². The van der Waals surface area contributed by atoms with Gasteiger partial charge < -0.3 is 9.88 Å². The van der Waals surface area contributed by atoms with Crippen molar-refractivity contribution in [3.05, 3.63) is 89.5 Å². The maximum absolute atomic E-state index is 12.1. The van der Waals surface area contributed by atoms with Crippen LogP contribution in [0.3, 0.4) is 0 Å². The van der Waals surface area contributed by atoms with E-state index in [1.807, 2.05) is 55.6 Å². The van der Waals surface area contributed by atoms with Crippen molar-refractivity contribution in [2.24, 2.45) is 0 Å². The van der Waals surface area contributed by atoms with E-state index in [1.165, 1.54) is 5.56 Å². The Kier molecular flexibility index (Phi) is 5.87. The third-order valence-corrected chi connectivity index (χ3v) is 4.53. The van der Waals surface area contributed by atoms with E-state index >= 15 is 0 Å². The number of nitrogens with zero attached hydrogens (tertiary/aromatic N) is 2. The maximum Gasteiger partial charge on any atom is 0.248 e. The molecule has 0 aliphatic carbocycles. The first-order valence-corrected chi connectivity index (χ1v) is 9.17. The molecule has 0 fully saturated rings. The molecule has 0 bridgehead atoms. The number of aromatic nitrogens is 2. The molecule has 1 N–H and O–H groups in total. The van der Waals surface area contributed by atoms with Crippen molar-refractivity contribution in [3.8, 4) is 0 Å². The Morgan fingerprint density at radius 3 is 2.41 bits per heavy atom. The van der Waals surface area contributed by atoms with Crippen molar-refractivity contribution in [1.29, 1.82) is 0 Å². The van der Waals surface area contributed by atoms with Gasteiger partial charge in [0, 0.05) is 30.7 Å². The number of amides is 1. The number of hydrogen-bond donors (Lipinski definition) is 1. The lowest BCUT2D eigenvalue weighted by molar-refractivity contribution is -0.111. The second kappa shape index (κ2) is 8.49. The molecule has 2 aromatic carbocycles. The van der Waals surface area contributed by atoms with Crippen LogP contribution in [-0.2, 0) is 11.3 Å². The van der Waals surface area contributed by atoms with Crippen molar-refractivity contribution in [1.82, 2.24) is 9.55 Å². The number of aryl methyl sites for hydroxylation is 1. The van der Waals surface area contributed by atoms with E-state index in [1.54, 1.807) is 12.3 Å². The van der Waals surface area contributed by atoms with E-state index in [0.29, 0.717) is 5.92 Å². The van der Waals surface area contributed by atoms with Gasteiger partial charge in [0.15, 0.2) is 0 Å². The van der Waals surface area contributed by atoms with Crippen LogP contribution < -0.4 is 5.32 Å². The number of carbonyl (C=O) groups is 1. The minimum absolute atomic E-state index is 0.138. The summed E-state index contributed by atoms with van der Waals surface area (Å²) >= 11 is 0. The SMILES string of the molecule is Cc1nccn1Cc1ccc(NC(=O)/C=C/c2ccc(C(C)C)cc2)cc1. The van der Waals surface area contributed by atoms with E-state index < -0.39 is 0 Å². The average Bonchev–Trinajstić information content (AvgIpc) is 3.06. The van der Waals surface area contributed by atoms with Crippen LogP contribution in [0.2, 0.25) is 0 Å². The lowest BCUT2D eigenvalue weighted by Crippen LogP contribution is -2.08. The molecular weight excluding hydrogens is 334 g/mol. The van der Waals surface area contributed by atoms with Crippen molar-refractivity contribution < 1.29 is 4.79 Å². The number of carbonyl (C=O) groups excluding carboxylic acids is 1. The molecule has 1 amide bonds. The molecule has 0 atom stereocenters. The van der Waals surface area contributed by atoms with Gasteiger partial charge in [0.25, 0.3) is 0 Å². The quantitative estimate of drug-likeness (QED) is 0.629. The third-order valence-electron chi connectivity index (χ3n) is 4.53. The third kappa shape index (κ3) is 5.17. The summed E-state index contributed by atoms with van der Waals surface area (Å²) in [5, 5.41) is 2.89. The molecule has 0 radical (unpaired) electrons. The van der Waals surface area contributed by atoms with Crippen LogP contribution in [0.5, 0.6) is 0 Å². The minimum Gasteiger partial charge on any atom is -0.331 e. The number of nitrogens with one attached hydrogen (secondary N) is 1. The molecule has 27 heavy (non-hydrogen) atoms. The molecule has 0 unspecified atom stereocenters. The Hall–Kier alpha value is -3.14. The van der Waals surface area contributed by atoms with Crippen LogP contribution in [-0.4, -0.2) is 15.5 Å². The Balaban J connectivity index is 1.56. The zero-order valence-corrected chi connectivity index (χ0v) is 16.0. The first-order valence-electron chi connectivity index (χ1n) is 9.17. The molecule has 0 saturated carbocycles. The fourth-order valence-corrected chi connectivity index (χ4v) is 2.81. The molecule has 4 heteroatoms. The van der Waals surface area contributed by atoms with Crippen LogP contribution in [0.1, 0.15) is 42.3 Å². The number of rotatable bonds is 6. The number of benzene rings is 2. The highest BCUT2D eigenvalue weighted by atomic mass is 16.1. The summed E-state index contributed by atoms with van der Waals surface area (Å²) < 4.78 is 2.08. The van der Waals surface area contributed by atoms with Crippen molar-refractivity contribution in [2.75, 3.05) is 5.32 Å². The van der Waals surface area contributed by atoms with Crippen molar-refractivity contribution in [3.63, 3.8) is 0 Å². The molecule has 3 rings (SSSR count). The minimum atomic E-state index is -0.138. The predicted octanol–water partition coefficient (Wildman–Crippen LogP) is 5.02. The van der Waals surface area contributed by atoms with Gasteiger partial charge in [-0.25, -0.2) is 4.98 Å². The molecule has 0 saturated heterocycles. The second-order valence-electron chi connectivity index (χ2n) is 6.94. The van der Waals surface area contributed by atoms with E-state index in [9.17, 15) is 4.79 Å². The number of hydrogen-bond acceptors (Lipinski definition) is 2. The molecule has 1 heterocycles. The lowest BCUT2D eigenvalue weighted by atomic mass is 10.0. The van der Waals surface area contributed by atoms with Gasteiger partial charge in [-0.15, -0.1) is 0 Å². The summed E-state index contributed by atoms with van der Waals surface area (Å²) in [6, 6.07) is 16.1. The summed E-state index contributed by atoms with van der Waals surface area (Å²) in [6.07, 6.45) is 7.15. The Morgan fingerprint density at radius 2 is 1.81 bits per heavy atom. The van der Waals surface area contributed by atoms with Gasteiger partial charge in [-0.05, 0) is 47.7 Å².